The molecule has 1 aromatic heterocycles. The molecule has 0 bridgehead atoms. The number of carboxylic acid groups (broad SMARTS) is 1. The molecule has 2 aromatic rings. The van der Waals surface area contributed by atoms with Gasteiger partial charge >= 0.3 is 5.97 Å². The van der Waals surface area contributed by atoms with Gasteiger partial charge in [0.15, 0.2) is 0 Å². The van der Waals surface area contributed by atoms with Crippen LogP contribution in [-0.2, 0) is 11.8 Å². The molecule has 1 aromatic carbocycles. The molecule has 0 saturated carbocycles. The molecule has 0 radical (unpaired) electrons. The summed E-state index contributed by atoms with van der Waals surface area (Å²) in [6.07, 6.45) is 1.05. The maximum Gasteiger partial charge on any atom is 0.303 e. The molecule has 0 fully saturated rings. The summed E-state index contributed by atoms with van der Waals surface area (Å²) in [5, 5.41) is 12.5. The number of hydrogen-bond acceptors (Lipinski definition) is 3. The number of rotatable bonds is 6. The third kappa shape index (κ3) is 3.32. The van der Waals surface area contributed by atoms with Gasteiger partial charge in [-0.15, -0.1) is 0 Å². The van der Waals surface area contributed by atoms with Gasteiger partial charge in [0, 0.05) is 18.4 Å². The molecule has 0 spiro atoms. The number of nitrogens with zero attached hydrogens (tertiary/aromatic N) is 5. The van der Waals surface area contributed by atoms with E-state index in [0.29, 0.717) is 12.8 Å². The third-order valence-electron chi connectivity index (χ3n) is 3.57. The van der Waals surface area contributed by atoms with Gasteiger partial charge in [0.1, 0.15) is 5.82 Å². The average molecular weight is 287 g/mol. The normalized spacial score (nSPS) is 12.1. The van der Waals surface area contributed by atoms with Crippen LogP contribution in [0, 0.1) is 6.92 Å². The van der Waals surface area contributed by atoms with Gasteiger partial charge in [0.05, 0.1) is 17.1 Å². The fraction of sp³-hybridized carbons (Fsp3) is 0.429. The SMILES string of the molecule is Cc1nc2cc(C(CCCC(=O)O)N=[N+]=[N-])ccc2n1C. The van der Waals surface area contributed by atoms with Crippen LogP contribution in [0.3, 0.4) is 0 Å². The molecule has 0 aliphatic rings. The Labute approximate surface area is 121 Å². The first-order valence-corrected chi connectivity index (χ1v) is 6.72. The Morgan fingerprint density at radius 1 is 1.57 bits per heavy atom. The lowest BCUT2D eigenvalue weighted by Crippen LogP contribution is -1.99. The number of aromatic nitrogens is 2. The first-order chi connectivity index (χ1) is 10.0. The molecule has 1 N–H and O–H groups in total. The molecule has 1 atom stereocenters. The lowest BCUT2D eigenvalue weighted by atomic mass is 10.0. The van der Waals surface area contributed by atoms with Crippen molar-refractivity contribution in [3.8, 4) is 0 Å². The van der Waals surface area contributed by atoms with E-state index in [1.807, 2.05) is 36.7 Å². The Morgan fingerprint density at radius 2 is 2.33 bits per heavy atom. The van der Waals surface area contributed by atoms with Crippen LogP contribution in [0.15, 0.2) is 23.3 Å². The molecule has 1 heterocycles. The van der Waals surface area contributed by atoms with Crippen LogP contribution in [0.5, 0.6) is 0 Å². The number of carbonyl (C=O) groups is 1. The molecule has 0 saturated heterocycles. The number of aliphatic carboxylic acids is 1. The van der Waals surface area contributed by atoms with Crippen molar-refractivity contribution >= 4 is 17.0 Å². The summed E-state index contributed by atoms with van der Waals surface area (Å²) in [6, 6.07) is 5.40. The van der Waals surface area contributed by atoms with Crippen LogP contribution >= 0.6 is 0 Å². The van der Waals surface area contributed by atoms with Crippen molar-refractivity contribution in [3.05, 3.63) is 40.0 Å². The molecule has 2 rings (SSSR count). The Bertz CT molecular complexity index is 715. The summed E-state index contributed by atoms with van der Waals surface area (Å²) in [4.78, 5) is 17.9. The lowest BCUT2D eigenvalue weighted by Gasteiger charge is -2.11. The molecular formula is C14H17N5O2. The zero-order valence-corrected chi connectivity index (χ0v) is 12.0. The fourth-order valence-electron chi connectivity index (χ4n) is 2.34. The van der Waals surface area contributed by atoms with Gasteiger partial charge in [-0.3, -0.25) is 4.79 Å². The van der Waals surface area contributed by atoms with Crippen molar-refractivity contribution in [2.24, 2.45) is 12.2 Å². The van der Waals surface area contributed by atoms with Gasteiger partial charge in [-0.1, -0.05) is 11.2 Å². The number of azide groups is 1. The van der Waals surface area contributed by atoms with Gasteiger partial charge in [-0.25, -0.2) is 4.98 Å². The Balaban J connectivity index is 2.27. The molecule has 21 heavy (non-hydrogen) atoms. The second-order valence-corrected chi connectivity index (χ2v) is 4.97. The quantitative estimate of drug-likeness (QED) is 0.499. The molecule has 7 nitrogen and oxygen atoms in total. The summed E-state index contributed by atoms with van der Waals surface area (Å²) in [5.74, 6) is 0.0684. The van der Waals surface area contributed by atoms with Crippen molar-refractivity contribution in [1.29, 1.82) is 0 Å². The highest BCUT2D eigenvalue weighted by molar-refractivity contribution is 5.77. The van der Waals surface area contributed by atoms with E-state index in [-0.39, 0.29) is 12.5 Å². The van der Waals surface area contributed by atoms with Crippen molar-refractivity contribution in [2.45, 2.75) is 32.2 Å². The molecule has 1 unspecified atom stereocenters. The fourth-order valence-corrected chi connectivity index (χ4v) is 2.34. The summed E-state index contributed by atoms with van der Waals surface area (Å²) >= 11 is 0. The van der Waals surface area contributed by atoms with E-state index in [4.69, 9.17) is 10.6 Å². The van der Waals surface area contributed by atoms with Crippen LogP contribution in [0.25, 0.3) is 21.5 Å². The minimum Gasteiger partial charge on any atom is -0.481 e. The van der Waals surface area contributed by atoms with Gasteiger partial charge in [-0.2, -0.15) is 0 Å². The number of fused-ring (bicyclic) bond motifs is 1. The lowest BCUT2D eigenvalue weighted by molar-refractivity contribution is -0.137. The van der Waals surface area contributed by atoms with Crippen LogP contribution in [0.1, 0.15) is 36.7 Å². The summed E-state index contributed by atoms with van der Waals surface area (Å²) < 4.78 is 1.99. The zero-order valence-electron chi connectivity index (χ0n) is 12.0. The molecule has 7 heteroatoms. The summed E-state index contributed by atoms with van der Waals surface area (Å²) in [6.45, 7) is 1.93. The van der Waals surface area contributed by atoms with E-state index >= 15 is 0 Å². The number of aryl methyl sites for hydroxylation is 2. The molecule has 0 amide bonds. The maximum absolute atomic E-state index is 10.6. The maximum atomic E-state index is 10.6. The molecule has 110 valence electrons. The monoisotopic (exact) mass is 287 g/mol. The van der Waals surface area contributed by atoms with Crippen LogP contribution < -0.4 is 0 Å². The molecule has 0 aliphatic heterocycles. The number of imidazole rings is 1. The van der Waals surface area contributed by atoms with Crippen molar-refractivity contribution in [1.82, 2.24) is 9.55 Å². The number of benzene rings is 1. The molecule has 0 aliphatic carbocycles. The van der Waals surface area contributed by atoms with Crippen molar-refractivity contribution < 1.29 is 9.90 Å². The van der Waals surface area contributed by atoms with Gasteiger partial charge in [-0.05, 0) is 43.0 Å². The van der Waals surface area contributed by atoms with E-state index in [1.165, 1.54) is 0 Å². The number of carboxylic acids is 1. The predicted molar refractivity (Wildman–Crippen MR) is 78.8 cm³/mol. The van der Waals surface area contributed by atoms with E-state index < -0.39 is 5.97 Å². The highest BCUT2D eigenvalue weighted by Gasteiger charge is 2.13. The van der Waals surface area contributed by atoms with E-state index in [9.17, 15) is 4.79 Å². The van der Waals surface area contributed by atoms with E-state index in [2.05, 4.69) is 15.0 Å². The van der Waals surface area contributed by atoms with Gasteiger partial charge in [0.2, 0.25) is 0 Å². The van der Waals surface area contributed by atoms with Gasteiger partial charge < -0.3 is 9.67 Å². The first-order valence-electron chi connectivity index (χ1n) is 6.72. The highest BCUT2D eigenvalue weighted by Crippen LogP contribution is 2.27. The van der Waals surface area contributed by atoms with Gasteiger partial charge in [0.25, 0.3) is 0 Å². The first kappa shape index (κ1) is 14.9. The second-order valence-electron chi connectivity index (χ2n) is 4.97. The Hall–Kier alpha value is -2.53. The topological polar surface area (TPSA) is 104 Å². The summed E-state index contributed by atoms with van der Waals surface area (Å²) in [5.41, 5.74) is 11.4. The van der Waals surface area contributed by atoms with Crippen LogP contribution in [-0.4, -0.2) is 20.6 Å². The zero-order chi connectivity index (χ0) is 15.4. The largest absolute Gasteiger partial charge is 0.481 e. The predicted octanol–water partition coefficient (Wildman–Crippen LogP) is 3.49. The smallest absolute Gasteiger partial charge is 0.303 e. The van der Waals surface area contributed by atoms with Crippen molar-refractivity contribution in [2.75, 3.05) is 0 Å². The Morgan fingerprint density at radius 3 is 3.00 bits per heavy atom. The Kier molecular flexibility index (Phi) is 4.45. The highest BCUT2D eigenvalue weighted by atomic mass is 16.4. The van der Waals surface area contributed by atoms with Crippen LogP contribution in [0.4, 0.5) is 0 Å². The number of hydrogen-bond donors (Lipinski definition) is 1. The molecular weight excluding hydrogens is 270 g/mol. The van der Waals surface area contributed by atoms with Crippen LogP contribution in [0.2, 0.25) is 0 Å². The third-order valence-corrected chi connectivity index (χ3v) is 3.57. The minimum absolute atomic E-state index is 0.0718. The van der Waals surface area contributed by atoms with E-state index in [0.717, 1.165) is 22.4 Å². The second kappa shape index (κ2) is 6.28. The van der Waals surface area contributed by atoms with E-state index in [1.54, 1.807) is 0 Å². The standard InChI is InChI=1S/C14H17N5O2/c1-9-16-12-8-10(6-7-13(12)19(9)2)11(17-18-15)4-3-5-14(20)21/h6-8,11H,3-5H2,1-2H3,(H,20,21). The average Bonchev–Trinajstić information content (AvgIpc) is 2.72. The summed E-state index contributed by atoms with van der Waals surface area (Å²) in [7, 11) is 1.95. The minimum atomic E-state index is -0.842. The van der Waals surface area contributed by atoms with Crippen molar-refractivity contribution in [3.63, 3.8) is 0 Å².